The van der Waals surface area contributed by atoms with E-state index < -0.39 is 0 Å². The van der Waals surface area contributed by atoms with Gasteiger partial charge < -0.3 is 14.6 Å². The predicted molar refractivity (Wildman–Crippen MR) is 114 cm³/mol. The van der Waals surface area contributed by atoms with Crippen molar-refractivity contribution in [2.75, 3.05) is 13.1 Å². The summed E-state index contributed by atoms with van der Waals surface area (Å²) in [6, 6.07) is 8.37. The number of nitrogens with one attached hydrogen (secondary N) is 1. The lowest BCUT2D eigenvalue weighted by Crippen LogP contribution is -2.37. The number of hydrogen-bond acceptors (Lipinski definition) is 4. The van der Waals surface area contributed by atoms with Gasteiger partial charge in [0.25, 0.3) is 5.91 Å². The van der Waals surface area contributed by atoms with Gasteiger partial charge in [-0.1, -0.05) is 12.1 Å². The zero-order valence-electron chi connectivity index (χ0n) is 17.3. The highest BCUT2D eigenvalue weighted by atomic mass is 16.2. The summed E-state index contributed by atoms with van der Waals surface area (Å²) >= 11 is 0. The van der Waals surface area contributed by atoms with Crippen molar-refractivity contribution in [3.63, 3.8) is 0 Å². The molecule has 0 bridgehead atoms. The third-order valence-corrected chi connectivity index (χ3v) is 5.67. The second-order valence-corrected chi connectivity index (χ2v) is 7.99. The number of carbonyl (C=O) groups is 1. The Kier molecular flexibility index (Phi) is 5.90. The highest BCUT2D eigenvalue weighted by Crippen LogP contribution is 2.20. The standard InChI is InChI=1S/C23H29N5O/c1-17-8-7-13-28-20(16-25-18(2)14-19-9-6-10-24-15-19)21(26-22(17)28)23(29)27-11-4-3-5-12-27/h6-10,13,15,18,25H,3-5,11-12,14,16H2,1-2H3/t18-/m0/s1. The molecule has 0 saturated carbocycles. The predicted octanol–water partition coefficient (Wildman–Crippen LogP) is 3.38. The van der Waals surface area contributed by atoms with E-state index in [0.29, 0.717) is 12.2 Å². The zero-order valence-corrected chi connectivity index (χ0v) is 17.3. The molecule has 1 fully saturated rings. The first-order valence-electron chi connectivity index (χ1n) is 10.5. The van der Waals surface area contributed by atoms with Crippen LogP contribution < -0.4 is 5.32 Å². The molecule has 0 radical (unpaired) electrons. The molecule has 0 aromatic carbocycles. The summed E-state index contributed by atoms with van der Waals surface area (Å²) < 4.78 is 2.07. The molecule has 4 rings (SSSR count). The van der Waals surface area contributed by atoms with Crippen LogP contribution in [-0.4, -0.2) is 44.3 Å². The first-order chi connectivity index (χ1) is 14.1. The fraction of sp³-hybridized carbons (Fsp3) is 0.435. The lowest BCUT2D eigenvalue weighted by Gasteiger charge is -2.26. The van der Waals surface area contributed by atoms with E-state index in [1.54, 1.807) is 6.20 Å². The van der Waals surface area contributed by atoms with Gasteiger partial charge in [0.15, 0.2) is 5.69 Å². The van der Waals surface area contributed by atoms with Crippen LogP contribution in [-0.2, 0) is 13.0 Å². The van der Waals surface area contributed by atoms with Gasteiger partial charge in [-0.2, -0.15) is 0 Å². The Morgan fingerprint density at radius 3 is 2.79 bits per heavy atom. The van der Waals surface area contributed by atoms with Gasteiger partial charge in [0.05, 0.1) is 5.69 Å². The van der Waals surface area contributed by atoms with E-state index in [2.05, 4.69) is 27.7 Å². The average molecular weight is 392 g/mol. The van der Waals surface area contributed by atoms with Crippen LogP contribution in [0.15, 0.2) is 42.9 Å². The number of amides is 1. The maximum atomic E-state index is 13.3. The average Bonchev–Trinajstić information content (AvgIpc) is 3.13. The third-order valence-electron chi connectivity index (χ3n) is 5.67. The van der Waals surface area contributed by atoms with Crippen LogP contribution in [0.3, 0.4) is 0 Å². The summed E-state index contributed by atoms with van der Waals surface area (Å²) in [6.45, 7) is 6.46. The quantitative estimate of drug-likeness (QED) is 0.700. The summed E-state index contributed by atoms with van der Waals surface area (Å²) in [4.78, 5) is 24.2. The first kappa shape index (κ1) is 19.6. The maximum Gasteiger partial charge on any atom is 0.274 e. The molecule has 3 aromatic heterocycles. The second-order valence-electron chi connectivity index (χ2n) is 7.99. The Morgan fingerprint density at radius 1 is 1.21 bits per heavy atom. The molecular formula is C23H29N5O. The van der Waals surface area contributed by atoms with Gasteiger partial charge >= 0.3 is 0 Å². The molecule has 6 heteroatoms. The van der Waals surface area contributed by atoms with Crippen LogP contribution in [0.2, 0.25) is 0 Å². The van der Waals surface area contributed by atoms with Gasteiger partial charge in [-0.05, 0) is 62.8 Å². The van der Waals surface area contributed by atoms with Crippen molar-refractivity contribution in [1.29, 1.82) is 0 Å². The Hall–Kier alpha value is -2.73. The Balaban J connectivity index is 1.58. The SMILES string of the molecule is Cc1cccn2c(CN[C@@H](C)Cc3cccnc3)c(C(=O)N3CCCCC3)nc12. The lowest BCUT2D eigenvalue weighted by molar-refractivity contribution is 0.0717. The van der Waals surface area contributed by atoms with Gasteiger partial charge in [-0.3, -0.25) is 9.78 Å². The summed E-state index contributed by atoms with van der Waals surface area (Å²) in [5.41, 5.74) is 4.67. The fourth-order valence-corrected chi connectivity index (χ4v) is 4.06. The van der Waals surface area contributed by atoms with E-state index in [0.717, 1.165) is 49.3 Å². The molecule has 152 valence electrons. The first-order valence-corrected chi connectivity index (χ1v) is 10.5. The van der Waals surface area contributed by atoms with Crippen LogP contribution in [0.1, 0.15) is 53.5 Å². The Morgan fingerprint density at radius 2 is 2.03 bits per heavy atom. The molecule has 1 aliphatic rings. The van der Waals surface area contributed by atoms with Crippen molar-refractivity contribution in [1.82, 2.24) is 24.6 Å². The Labute approximate surface area is 172 Å². The summed E-state index contributed by atoms with van der Waals surface area (Å²) in [5.74, 6) is 0.0597. The topological polar surface area (TPSA) is 62.5 Å². The molecule has 1 N–H and O–H groups in total. The molecular weight excluding hydrogens is 362 g/mol. The van der Waals surface area contributed by atoms with Gasteiger partial charge in [-0.25, -0.2) is 4.98 Å². The lowest BCUT2D eigenvalue weighted by atomic mass is 10.1. The van der Waals surface area contributed by atoms with Gasteiger partial charge in [0.2, 0.25) is 0 Å². The van der Waals surface area contributed by atoms with Crippen LogP contribution in [0, 0.1) is 6.92 Å². The Bertz CT molecular complexity index is 976. The number of pyridine rings is 2. The van der Waals surface area contributed by atoms with Gasteiger partial charge in [0, 0.05) is 44.3 Å². The van der Waals surface area contributed by atoms with Crippen molar-refractivity contribution in [2.45, 2.75) is 52.1 Å². The molecule has 0 spiro atoms. The second kappa shape index (κ2) is 8.74. The van der Waals surface area contributed by atoms with E-state index in [-0.39, 0.29) is 11.9 Å². The number of carbonyl (C=O) groups excluding carboxylic acids is 1. The molecule has 4 heterocycles. The number of piperidine rings is 1. The van der Waals surface area contributed by atoms with Crippen molar-refractivity contribution in [3.8, 4) is 0 Å². The molecule has 3 aromatic rings. The van der Waals surface area contributed by atoms with Crippen LogP contribution in [0.4, 0.5) is 0 Å². The van der Waals surface area contributed by atoms with E-state index in [1.807, 2.05) is 42.4 Å². The largest absolute Gasteiger partial charge is 0.337 e. The van der Waals surface area contributed by atoms with Crippen LogP contribution in [0.5, 0.6) is 0 Å². The van der Waals surface area contributed by atoms with E-state index in [1.165, 1.54) is 12.0 Å². The molecule has 1 saturated heterocycles. The number of likely N-dealkylation sites (tertiary alicyclic amines) is 1. The van der Waals surface area contributed by atoms with Gasteiger partial charge in [0.1, 0.15) is 5.65 Å². The van der Waals surface area contributed by atoms with Gasteiger partial charge in [-0.15, -0.1) is 0 Å². The number of fused-ring (bicyclic) bond motifs is 1. The van der Waals surface area contributed by atoms with Crippen molar-refractivity contribution in [3.05, 3.63) is 65.4 Å². The zero-order chi connectivity index (χ0) is 20.2. The number of nitrogens with zero attached hydrogens (tertiary/aromatic N) is 4. The number of imidazole rings is 1. The van der Waals surface area contributed by atoms with Crippen molar-refractivity contribution < 1.29 is 4.79 Å². The van der Waals surface area contributed by atoms with Crippen LogP contribution in [0.25, 0.3) is 5.65 Å². The fourth-order valence-electron chi connectivity index (χ4n) is 4.06. The monoisotopic (exact) mass is 391 g/mol. The van der Waals surface area contributed by atoms with E-state index >= 15 is 0 Å². The van der Waals surface area contributed by atoms with E-state index in [9.17, 15) is 4.79 Å². The third kappa shape index (κ3) is 4.32. The summed E-state index contributed by atoms with van der Waals surface area (Å²) in [6.07, 6.45) is 9.95. The molecule has 1 atom stereocenters. The van der Waals surface area contributed by atoms with E-state index in [4.69, 9.17) is 4.98 Å². The number of aryl methyl sites for hydroxylation is 1. The maximum absolute atomic E-state index is 13.3. The number of aromatic nitrogens is 3. The molecule has 1 aliphatic heterocycles. The number of hydrogen-bond donors (Lipinski definition) is 1. The highest BCUT2D eigenvalue weighted by molar-refractivity contribution is 5.94. The number of rotatable bonds is 6. The van der Waals surface area contributed by atoms with Crippen molar-refractivity contribution in [2.24, 2.45) is 0 Å². The van der Waals surface area contributed by atoms with Crippen LogP contribution >= 0.6 is 0 Å². The molecule has 1 amide bonds. The smallest absolute Gasteiger partial charge is 0.274 e. The van der Waals surface area contributed by atoms with Crippen molar-refractivity contribution >= 4 is 11.6 Å². The minimum Gasteiger partial charge on any atom is -0.337 e. The minimum absolute atomic E-state index is 0.0597. The molecule has 0 aliphatic carbocycles. The summed E-state index contributed by atoms with van der Waals surface area (Å²) in [7, 11) is 0. The summed E-state index contributed by atoms with van der Waals surface area (Å²) in [5, 5.41) is 3.58. The molecule has 0 unspecified atom stereocenters. The highest BCUT2D eigenvalue weighted by Gasteiger charge is 2.25. The minimum atomic E-state index is 0.0597. The molecule has 29 heavy (non-hydrogen) atoms. The normalized spacial score (nSPS) is 15.6. The molecule has 6 nitrogen and oxygen atoms in total.